The molecule has 0 saturated carbocycles. The van der Waals surface area contributed by atoms with Crippen molar-refractivity contribution in [2.24, 2.45) is 7.05 Å². The van der Waals surface area contributed by atoms with Gasteiger partial charge in [0.15, 0.2) is 0 Å². The monoisotopic (exact) mass is 318 g/mol. The standard InChI is InChI=1S/C20H18N2O2/c1-13-7-9-14(10-8-13)22-19(23)11-16(20(22)24)17-12-21(2)18-6-4-3-5-15(17)18/h3-10,12,16H,11H2,1-2H3/t16-/m1/s1. The first-order valence-corrected chi connectivity index (χ1v) is 8.03. The number of hydrogen-bond acceptors (Lipinski definition) is 2. The molecule has 120 valence electrons. The number of rotatable bonds is 2. The van der Waals surface area contributed by atoms with E-state index in [1.807, 2.05) is 73.3 Å². The van der Waals surface area contributed by atoms with Crippen molar-refractivity contribution in [3.63, 3.8) is 0 Å². The van der Waals surface area contributed by atoms with Crippen molar-refractivity contribution in [2.75, 3.05) is 4.90 Å². The van der Waals surface area contributed by atoms with E-state index in [9.17, 15) is 9.59 Å². The lowest BCUT2D eigenvalue weighted by Gasteiger charge is -2.15. The number of imide groups is 1. The third kappa shape index (κ3) is 2.14. The Labute approximate surface area is 140 Å². The SMILES string of the molecule is Cc1ccc(N2C(=O)C[C@H](c3cn(C)c4ccccc34)C2=O)cc1. The number of benzene rings is 2. The van der Waals surface area contributed by atoms with E-state index in [-0.39, 0.29) is 18.2 Å². The number of hydrogen-bond donors (Lipinski definition) is 0. The summed E-state index contributed by atoms with van der Waals surface area (Å²) < 4.78 is 2.01. The Hall–Kier alpha value is -2.88. The van der Waals surface area contributed by atoms with Gasteiger partial charge >= 0.3 is 0 Å². The van der Waals surface area contributed by atoms with Crippen molar-refractivity contribution in [2.45, 2.75) is 19.3 Å². The minimum absolute atomic E-state index is 0.137. The average molecular weight is 318 g/mol. The molecule has 1 aliphatic heterocycles. The minimum Gasteiger partial charge on any atom is -0.350 e. The van der Waals surface area contributed by atoms with Crippen LogP contribution in [0.2, 0.25) is 0 Å². The Morgan fingerprint density at radius 3 is 2.46 bits per heavy atom. The fourth-order valence-corrected chi connectivity index (χ4v) is 3.49. The maximum Gasteiger partial charge on any atom is 0.241 e. The highest BCUT2D eigenvalue weighted by molar-refractivity contribution is 6.23. The van der Waals surface area contributed by atoms with Gasteiger partial charge in [-0.05, 0) is 30.7 Å². The van der Waals surface area contributed by atoms with E-state index in [1.165, 1.54) is 4.90 Å². The van der Waals surface area contributed by atoms with Crippen LogP contribution in [0, 0.1) is 6.92 Å². The molecule has 1 atom stereocenters. The minimum atomic E-state index is -0.412. The number of carbonyl (C=O) groups is 2. The van der Waals surface area contributed by atoms with Crippen LogP contribution in [0.3, 0.4) is 0 Å². The van der Waals surface area contributed by atoms with Crippen LogP contribution in [0.15, 0.2) is 54.7 Å². The first-order valence-electron chi connectivity index (χ1n) is 8.03. The van der Waals surface area contributed by atoms with Crippen LogP contribution < -0.4 is 4.90 Å². The number of anilines is 1. The zero-order valence-corrected chi connectivity index (χ0v) is 13.7. The van der Waals surface area contributed by atoms with Crippen LogP contribution in [0.4, 0.5) is 5.69 Å². The molecule has 0 unspecified atom stereocenters. The highest BCUT2D eigenvalue weighted by atomic mass is 16.2. The van der Waals surface area contributed by atoms with Crippen LogP contribution in [-0.4, -0.2) is 16.4 Å². The second kappa shape index (κ2) is 5.34. The van der Waals surface area contributed by atoms with E-state index in [2.05, 4.69) is 0 Å². The highest BCUT2D eigenvalue weighted by Crippen LogP contribution is 2.37. The van der Waals surface area contributed by atoms with E-state index in [0.29, 0.717) is 5.69 Å². The van der Waals surface area contributed by atoms with Gasteiger partial charge in [0.2, 0.25) is 11.8 Å². The number of fused-ring (bicyclic) bond motifs is 1. The Kier molecular flexibility index (Phi) is 3.27. The second-order valence-electron chi connectivity index (χ2n) is 6.37. The molecular formula is C20H18N2O2. The Bertz CT molecular complexity index is 953. The molecule has 0 spiro atoms. The fraction of sp³-hybridized carbons (Fsp3) is 0.200. The van der Waals surface area contributed by atoms with Gasteiger partial charge in [0.1, 0.15) is 0 Å². The largest absolute Gasteiger partial charge is 0.350 e. The molecule has 1 aliphatic rings. The number of aryl methyl sites for hydroxylation is 2. The average Bonchev–Trinajstić information content (AvgIpc) is 3.06. The first kappa shape index (κ1) is 14.7. The molecule has 1 saturated heterocycles. The maximum atomic E-state index is 13.0. The van der Waals surface area contributed by atoms with Crippen molar-refractivity contribution in [3.8, 4) is 0 Å². The Balaban J connectivity index is 1.76. The lowest BCUT2D eigenvalue weighted by molar-refractivity contribution is -0.121. The van der Waals surface area contributed by atoms with E-state index in [0.717, 1.165) is 22.0 Å². The summed E-state index contributed by atoms with van der Waals surface area (Å²) in [6, 6.07) is 15.5. The lowest BCUT2D eigenvalue weighted by atomic mass is 9.97. The van der Waals surface area contributed by atoms with Gasteiger partial charge < -0.3 is 4.57 Å². The third-order valence-electron chi connectivity index (χ3n) is 4.74. The number of amides is 2. The normalized spacial score (nSPS) is 17.9. The fourth-order valence-electron chi connectivity index (χ4n) is 3.49. The van der Waals surface area contributed by atoms with Crippen LogP contribution in [0.1, 0.15) is 23.5 Å². The zero-order chi connectivity index (χ0) is 16.8. The van der Waals surface area contributed by atoms with E-state index in [1.54, 1.807) is 0 Å². The van der Waals surface area contributed by atoms with E-state index < -0.39 is 5.92 Å². The quantitative estimate of drug-likeness (QED) is 0.678. The summed E-state index contributed by atoms with van der Waals surface area (Å²) in [5.74, 6) is -0.688. The summed E-state index contributed by atoms with van der Waals surface area (Å²) >= 11 is 0. The summed E-state index contributed by atoms with van der Waals surface area (Å²) in [5, 5.41) is 1.04. The topological polar surface area (TPSA) is 42.3 Å². The van der Waals surface area contributed by atoms with Gasteiger partial charge in [-0.3, -0.25) is 14.5 Å². The van der Waals surface area contributed by atoms with Gasteiger partial charge in [0.25, 0.3) is 0 Å². The first-order chi connectivity index (χ1) is 11.6. The smallest absolute Gasteiger partial charge is 0.241 e. The second-order valence-corrected chi connectivity index (χ2v) is 6.37. The van der Waals surface area contributed by atoms with Crippen LogP contribution in [0.5, 0.6) is 0 Å². The van der Waals surface area contributed by atoms with Crippen molar-refractivity contribution < 1.29 is 9.59 Å². The molecule has 0 radical (unpaired) electrons. The molecule has 1 fully saturated rings. The van der Waals surface area contributed by atoms with Gasteiger partial charge in [-0.2, -0.15) is 0 Å². The van der Waals surface area contributed by atoms with Crippen molar-refractivity contribution in [1.82, 2.24) is 4.57 Å². The molecule has 0 N–H and O–H groups in total. The predicted octanol–water partition coefficient (Wildman–Crippen LogP) is 3.53. The summed E-state index contributed by atoms with van der Waals surface area (Å²) in [4.78, 5) is 26.8. The Morgan fingerprint density at radius 2 is 1.71 bits per heavy atom. The van der Waals surface area contributed by atoms with Crippen molar-refractivity contribution in [1.29, 1.82) is 0 Å². The molecule has 4 heteroatoms. The number of nitrogens with zero attached hydrogens (tertiary/aromatic N) is 2. The van der Waals surface area contributed by atoms with Gasteiger partial charge in [-0.25, -0.2) is 0 Å². The predicted molar refractivity (Wildman–Crippen MR) is 93.9 cm³/mol. The molecule has 1 aromatic heterocycles. The molecule has 4 nitrogen and oxygen atoms in total. The molecule has 2 aromatic carbocycles. The van der Waals surface area contributed by atoms with Crippen LogP contribution in [-0.2, 0) is 16.6 Å². The van der Waals surface area contributed by atoms with Gasteiger partial charge in [0, 0.05) is 30.6 Å². The highest BCUT2D eigenvalue weighted by Gasteiger charge is 2.41. The van der Waals surface area contributed by atoms with Gasteiger partial charge in [-0.15, -0.1) is 0 Å². The molecule has 2 amide bonds. The molecule has 3 aromatic rings. The molecule has 2 heterocycles. The Morgan fingerprint density at radius 1 is 1.00 bits per heavy atom. The third-order valence-corrected chi connectivity index (χ3v) is 4.74. The summed E-state index contributed by atoms with van der Waals surface area (Å²) in [5.41, 5.74) is 3.75. The molecule has 0 aliphatic carbocycles. The van der Waals surface area contributed by atoms with E-state index >= 15 is 0 Å². The molecule has 24 heavy (non-hydrogen) atoms. The molecular weight excluding hydrogens is 300 g/mol. The van der Waals surface area contributed by atoms with Crippen LogP contribution >= 0.6 is 0 Å². The van der Waals surface area contributed by atoms with E-state index in [4.69, 9.17) is 0 Å². The zero-order valence-electron chi connectivity index (χ0n) is 13.7. The van der Waals surface area contributed by atoms with Gasteiger partial charge in [0.05, 0.1) is 11.6 Å². The number of carbonyl (C=O) groups excluding carboxylic acids is 2. The summed E-state index contributed by atoms with van der Waals surface area (Å²) in [6.45, 7) is 1.98. The summed E-state index contributed by atoms with van der Waals surface area (Å²) in [6.07, 6.45) is 2.19. The number of para-hydroxylation sites is 1. The number of aromatic nitrogens is 1. The summed E-state index contributed by atoms with van der Waals surface area (Å²) in [7, 11) is 1.96. The maximum absolute atomic E-state index is 13.0. The van der Waals surface area contributed by atoms with Gasteiger partial charge in [-0.1, -0.05) is 35.9 Å². The van der Waals surface area contributed by atoms with Crippen LogP contribution in [0.25, 0.3) is 10.9 Å². The van der Waals surface area contributed by atoms with Crippen molar-refractivity contribution in [3.05, 3.63) is 65.9 Å². The molecule has 4 rings (SSSR count). The molecule has 0 bridgehead atoms. The van der Waals surface area contributed by atoms with Crippen molar-refractivity contribution >= 4 is 28.4 Å². The lowest BCUT2D eigenvalue weighted by Crippen LogP contribution is -2.29.